The van der Waals surface area contributed by atoms with Crippen LogP contribution in [0.2, 0.25) is 0 Å². The van der Waals surface area contributed by atoms with E-state index in [9.17, 15) is 4.79 Å². The molecule has 0 saturated carbocycles. The summed E-state index contributed by atoms with van der Waals surface area (Å²) in [6, 6.07) is 25.5. The van der Waals surface area contributed by atoms with Gasteiger partial charge in [0.1, 0.15) is 17.3 Å². The Morgan fingerprint density at radius 2 is 1.70 bits per heavy atom. The molecule has 0 spiro atoms. The van der Waals surface area contributed by atoms with Crippen molar-refractivity contribution in [2.75, 3.05) is 13.2 Å². The van der Waals surface area contributed by atoms with Crippen LogP contribution in [-0.4, -0.2) is 33.5 Å². The van der Waals surface area contributed by atoms with E-state index in [2.05, 4.69) is 18.2 Å². The molecule has 3 heterocycles. The van der Waals surface area contributed by atoms with Gasteiger partial charge in [0.05, 0.1) is 37.6 Å². The second kappa shape index (κ2) is 13.0. The molecule has 0 amide bonds. The smallest absolute Gasteiger partial charge is 0.355 e. The maximum absolute atomic E-state index is 16.4. The first kappa shape index (κ1) is 30.7. The molecule has 0 saturated heterocycles. The maximum Gasteiger partial charge on any atom is 0.355 e. The van der Waals surface area contributed by atoms with Gasteiger partial charge in [-0.05, 0) is 66.5 Å². The minimum atomic E-state index is -0.425. The first-order valence-electron chi connectivity index (χ1n) is 16.3. The Labute approximate surface area is 273 Å². The Balaban J connectivity index is 1.40. The zero-order valence-electron chi connectivity index (χ0n) is 27.0. The van der Waals surface area contributed by atoms with E-state index in [0.29, 0.717) is 61.5 Å². The molecule has 0 atom stereocenters. The highest BCUT2D eigenvalue weighted by Crippen LogP contribution is 2.41. The highest BCUT2D eigenvalue weighted by atomic mass is 19.1. The first-order chi connectivity index (χ1) is 23.0. The van der Waals surface area contributed by atoms with Crippen molar-refractivity contribution in [2.45, 2.75) is 52.9 Å². The van der Waals surface area contributed by atoms with Crippen LogP contribution in [-0.2, 0) is 49.1 Å². The van der Waals surface area contributed by atoms with Crippen LogP contribution in [0.4, 0.5) is 4.39 Å². The summed E-state index contributed by atoms with van der Waals surface area (Å²) in [6.45, 7) is 5.47. The largest absolute Gasteiger partial charge is 0.493 e. The molecular weight excluding hydrogens is 593 g/mol. The van der Waals surface area contributed by atoms with Crippen molar-refractivity contribution in [3.05, 3.63) is 118 Å². The summed E-state index contributed by atoms with van der Waals surface area (Å²) < 4.78 is 38.3. The van der Waals surface area contributed by atoms with Crippen LogP contribution >= 0.6 is 0 Å². The average Bonchev–Trinajstić information content (AvgIpc) is 3.55. The summed E-state index contributed by atoms with van der Waals surface area (Å²) in [5, 5.41) is 7.79. The predicted octanol–water partition coefficient (Wildman–Crippen LogP) is 8.16. The molecule has 7 rings (SSSR count). The molecule has 0 bridgehead atoms. The number of carbonyl (C=O) groups is 1. The third-order valence-electron chi connectivity index (χ3n) is 9.09. The van der Waals surface area contributed by atoms with Crippen LogP contribution < -0.4 is 4.74 Å². The quantitative estimate of drug-likeness (QED) is 0.125. The van der Waals surface area contributed by atoms with Crippen LogP contribution in [0.15, 0.2) is 78.9 Å². The summed E-state index contributed by atoms with van der Waals surface area (Å²) >= 11 is 0. The van der Waals surface area contributed by atoms with E-state index in [1.807, 2.05) is 71.8 Å². The molecule has 1 aliphatic heterocycles. The highest BCUT2D eigenvalue weighted by molar-refractivity contribution is 6.05. The van der Waals surface area contributed by atoms with Crippen LogP contribution in [0.5, 0.6) is 5.75 Å². The van der Waals surface area contributed by atoms with Gasteiger partial charge in [-0.15, -0.1) is 0 Å². The van der Waals surface area contributed by atoms with Gasteiger partial charge >= 0.3 is 5.97 Å². The third kappa shape index (κ3) is 5.57. The zero-order valence-corrected chi connectivity index (χ0v) is 27.0. The van der Waals surface area contributed by atoms with Crippen molar-refractivity contribution in [1.82, 2.24) is 14.3 Å². The molecule has 0 radical (unpaired) electrons. The Kier molecular flexibility index (Phi) is 8.52. The third-order valence-corrected chi connectivity index (χ3v) is 9.09. The van der Waals surface area contributed by atoms with Gasteiger partial charge in [0.2, 0.25) is 0 Å². The normalized spacial score (nSPS) is 12.9. The number of fused-ring (bicyclic) bond motifs is 4. The molecule has 0 unspecified atom stereocenters. The molecule has 0 N–H and O–H groups in total. The van der Waals surface area contributed by atoms with Gasteiger partial charge in [-0.2, -0.15) is 5.10 Å². The summed E-state index contributed by atoms with van der Waals surface area (Å²) in [5.74, 6) is 0.0322. The van der Waals surface area contributed by atoms with Crippen molar-refractivity contribution < 1.29 is 23.4 Å². The van der Waals surface area contributed by atoms with Crippen LogP contribution in [0.1, 0.15) is 58.8 Å². The molecule has 47 heavy (non-hydrogen) atoms. The number of ether oxygens (including phenoxy) is 3. The number of hydrogen-bond acceptors (Lipinski definition) is 5. The summed E-state index contributed by atoms with van der Waals surface area (Å²) in [6.07, 6.45) is 1.84. The number of carbonyl (C=O) groups excluding carboxylic acids is 1. The fourth-order valence-electron chi connectivity index (χ4n) is 7.02. The standard InChI is InChI=1S/C39H38FN3O4/c1-4-33-36-32(41-42(33)3)24-45-23-27-14-7-6-13-26(27)22-43-37-30(19-20-31(40)35(36)37)29(38(43)39(44)46-5-2)17-11-21-47-34-18-10-15-25-12-8-9-16-28(25)34/h6-10,12-16,18-20H,4-5,11,17,21-24H2,1-3H3. The number of nitrogens with zero attached hydrogens (tertiary/aromatic N) is 3. The zero-order chi connectivity index (χ0) is 32.5. The number of aryl methyl sites for hydroxylation is 2. The van der Waals surface area contributed by atoms with Crippen molar-refractivity contribution >= 4 is 27.6 Å². The molecule has 0 aliphatic carbocycles. The number of esters is 1. The van der Waals surface area contributed by atoms with Crippen LogP contribution in [0.3, 0.4) is 0 Å². The summed E-state index contributed by atoms with van der Waals surface area (Å²) in [7, 11) is 1.88. The second-order valence-electron chi connectivity index (χ2n) is 11.9. The SMILES string of the molecule is CCOC(=O)c1c(CCCOc2cccc3ccccc23)c2ccc(F)c3c2n1Cc1ccccc1COCc1nn(C)c(CC)c1-3. The topological polar surface area (TPSA) is 67.5 Å². The predicted molar refractivity (Wildman–Crippen MR) is 181 cm³/mol. The minimum absolute atomic E-state index is 0.225. The van der Waals surface area contributed by atoms with Gasteiger partial charge in [0, 0.05) is 41.2 Å². The summed E-state index contributed by atoms with van der Waals surface area (Å²) in [4.78, 5) is 13.9. The van der Waals surface area contributed by atoms with Gasteiger partial charge in [0.15, 0.2) is 0 Å². The lowest BCUT2D eigenvalue weighted by Crippen LogP contribution is -2.16. The Morgan fingerprint density at radius 1 is 0.915 bits per heavy atom. The van der Waals surface area contributed by atoms with Crippen LogP contribution in [0, 0.1) is 5.82 Å². The van der Waals surface area contributed by atoms with E-state index >= 15 is 4.39 Å². The molecule has 240 valence electrons. The van der Waals surface area contributed by atoms with Crippen molar-refractivity contribution in [3.63, 3.8) is 0 Å². The number of aromatic nitrogens is 3. The molecule has 1 aliphatic rings. The maximum atomic E-state index is 16.4. The summed E-state index contributed by atoms with van der Waals surface area (Å²) in [5.41, 5.74) is 6.67. The highest BCUT2D eigenvalue weighted by Gasteiger charge is 2.31. The van der Waals surface area contributed by atoms with Gasteiger partial charge in [0.25, 0.3) is 0 Å². The number of hydrogen-bond donors (Lipinski definition) is 0. The lowest BCUT2D eigenvalue weighted by atomic mass is 9.96. The van der Waals surface area contributed by atoms with Crippen molar-refractivity contribution in [1.29, 1.82) is 0 Å². The van der Waals surface area contributed by atoms with Gasteiger partial charge in [-0.25, -0.2) is 9.18 Å². The van der Waals surface area contributed by atoms with Gasteiger partial charge in [-0.1, -0.05) is 67.6 Å². The molecule has 0 fully saturated rings. The van der Waals surface area contributed by atoms with E-state index in [0.717, 1.165) is 49.9 Å². The number of benzene rings is 4. The number of halogens is 1. The van der Waals surface area contributed by atoms with E-state index in [1.54, 1.807) is 13.0 Å². The van der Waals surface area contributed by atoms with Gasteiger partial charge in [-0.3, -0.25) is 4.68 Å². The fourth-order valence-corrected chi connectivity index (χ4v) is 7.02. The fraction of sp³-hybridized carbons (Fsp3) is 0.282. The first-order valence-corrected chi connectivity index (χ1v) is 16.3. The lowest BCUT2D eigenvalue weighted by molar-refractivity contribution is 0.0513. The Hall–Kier alpha value is -4.95. The van der Waals surface area contributed by atoms with Crippen molar-refractivity contribution in [2.24, 2.45) is 7.05 Å². The molecule has 2 aromatic heterocycles. The average molecular weight is 632 g/mol. The van der Waals surface area contributed by atoms with E-state index < -0.39 is 5.97 Å². The molecule has 6 aromatic rings. The Bertz CT molecular complexity index is 2110. The molecular formula is C39H38FN3O4. The van der Waals surface area contributed by atoms with E-state index in [4.69, 9.17) is 19.3 Å². The Morgan fingerprint density at radius 3 is 2.53 bits per heavy atom. The monoisotopic (exact) mass is 631 g/mol. The second-order valence-corrected chi connectivity index (χ2v) is 11.9. The van der Waals surface area contributed by atoms with Crippen molar-refractivity contribution in [3.8, 4) is 16.9 Å². The number of rotatable bonds is 8. The molecule has 7 nitrogen and oxygen atoms in total. The molecule has 4 aromatic carbocycles. The van der Waals surface area contributed by atoms with E-state index in [1.165, 1.54) is 6.07 Å². The molecule has 8 heteroatoms. The lowest BCUT2D eigenvalue weighted by Gasteiger charge is -2.16. The van der Waals surface area contributed by atoms with Gasteiger partial charge < -0.3 is 18.8 Å². The minimum Gasteiger partial charge on any atom is -0.493 e. The van der Waals surface area contributed by atoms with Crippen LogP contribution in [0.25, 0.3) is 32.8 Å². The van der Waals surface area contributed by atoms with E-state index in [-0.39, 0.29) is 19.0 Å².